The molecule has 0 fully saturated rings. The quantitative estimate of drug-likeness (QED) is 0.291. The zero-order chi connectivity index (χ0) is 19.8. The molecule has 0 unspecified atom stereocenters. The Morgan fingerprint density at radius 2 is 1.86 bits per heavy atom. The van der Waals surface area contributed by atoms with Crippen LogP contribution < -0.4 is 10.6 Å². The molecule has 0 aliphatic rings. The fourth-order valence-electron chi connectivity index (χ4n) is 3.23. The van der Waals surface area contributed by atoms with Crippen molar-refractivity contribution < 1.29 is 0 Å². The number of hydrogen-bond donors (Lipinski definition) is 2. The average Bonchev–Trinajstić information content (AvgIpc) is 3.13. The van der Waals surface area contributed by atoms with Gasteiger partial charge in [0.05, 0.1) is 0 Å². The molecule has 3 rings (SSSR count). The van der Waals surface area contributed by atoms with Crippen molar-refractivity contribution in [2.75, 3.05) is 13.6 Å². The van der Waals surface area contributed by atoms with Crippen molar-refractivity contribution in [1.82, 2.24) is 20.2 Å². The zero-order valence-corrected chi connectivity index (χ0v) is 19.7. The van der Waals surface area contributed by atoms with E-state index in [9.17, 15) is 0 Å². The van der Waals surface area contributed by atoms with Crippen LogP contribution in [0.2, 0.25) is 0 Å². The molecule has 2 aromatic carbocycles. The van der Waals surface area contributed by atoms with Crippen LogP contribution in [0.4, 0.5) is 0 Å². The molecule has 0 spiro atoms. The van der Waals surface area contributed by atoms with Crippen LogP contribution in [0.15, 0.2) is 65.9 Å². The predicted octanol–water partition coefficient (Wildman–Crippen LogP) is 4.07. The van der Waals surface area contributed by atoms with Gasteiger partial charge in [-0.1, -0.05) is 54.1 Å². The molecule has 3 aromatic rings. The molecule has 5 nitrogen and oxygen atoms in total. The first-order chi connectivity index (χ1) is 13.7. The van der Waals surface area contributed by atoms with Gasteiger partial charge in [0, 0.05) is 45.5 Å². The van der Waals surface area contributed by atoms with E-state index in [2.05, 4.69) is 81.5 Å². The Bertz CT molecular complexity index is 918. The van der Waals surface area contributed by atoms with Crippen molar-refractivity contribution in [2.24, 2.45) is 4.99 Å². The Kier molecular flexibility index (Phi) is 9.18. The minimum Gasteiger partial charge on any atom is -0.356 e. The van der Waals surface area contributed by atoms with Crippen molar-refractivity contribution in [3.05, 3.63) is 89.0 Å². The largest absolute Gasteiger partial charge is 0.356 e. The number of benzene rings is 2. The van der Waals surface area contributed by atoms with Crippen LogP contribution in [0.5, 0.6) is 0 Å². The standard InChI is InChI=1S/C23H29N5.HI/c1-18-9-10-21(19(2)15-18)16-27-23(24-3)26-12-11-22-25-13-14-28(22)17-20-7-5-4-6-8-20;/h4-10,13-15H,11-12,16-17H2,1-3H3,(H2,24,26,27);1H. The molecule has 0 aliphatic heterocycles. The van der Waals surface area contributed by atoms with Crippen molar-refractivity contribution >= 4 is 29.9 Å². The van der Waals surface area contributed by atoms with Crippen LogP contribution in [-0.2, 0) is 19.5 Å². The van der Waals surface area contributed by atoms with Gasteiger partial charge in [-0.05, 0) is 30.5 Å². The highest BCUT2D eigenvalue weighted by molar-refractivity contribution is 14.0. The van der Waals surface area contributed by atoms with Gasteiger partial charge in [0.1, 0.15) is 5.82 Å². The number of aliphatic imine (C=N–C) groups is 1. The maximum atomic E-state index is 4.51. The predicted molar refractivity (Wildman–Crippen MR) is 131 cm³/mol. The van der Waals surface area contributed by atoms with Gasteiger partial charge in [-0.25, -0.2) is 4.98 Å². The van der Waals surface area contributed by atoms with Crippen molar-refractivity contribution in [2.45, 2.75) is 33.4 Å². The number of halogens is 1. The lowest BCUT2D eigenvalue weighted by Gasteiger charge is -2.14. The highest BCUT2D eigenvalue weighted by Gasteiger charge is 2.05. The third-order valence-corrected chi connectivity index (χ3v) is 4.81. The molecule has 2 N–H and O–H groups in total. The van der Waals surface area contributed by atoms with Gasteiger partial charge >= 0.3 is 0 Å². The first-order valence-corrected chi connectivity index (χ1v) is 9.70. The first-order valence-electron chi connectivity index (χ1n) is 9.70. The van der Waals surface area contributed by atoms with Gasteiger partial charge in [0.25, 0.3) is 0 Å². The number of rotatable bonds is 7. The van der Waals surface area contributed by atoms with Crippen LogP contribution in [0.25, 0.3) is 0 Å². The summed E-state index contributed by atoms with van der Waals surface area (Å²) in [6.45, 7) is 6.64. The molecule has 6 heteroatoms. The van der Waals surface area contributed by atoms with E-state index >= 15 is 0 Å². The maximum Gasteiger partial charge on any atom is 0.191 e. The van der Waals surface area contributed by atoms with E-state index in [0.29, 0.717) is 0 Å². The number of nitrogens with one attached hydrogen (secondary N) is 2. The third-order valence-electron chi connectivity index (χ3n) is 4.81. The minimum absolute atomic E-state index is 0. The molecule has 0 aliphatic carbocycles. The summed E-state index contributed by atoms with van der Waals surface area (Å²) in [5.41, 5.74) is 5.15. The van der Waals surface area contributed by atoms with E-state index in [-0.39, 0.29) is 24.0 Å². The molecule has 0 bridgehead atoms. The van der Waals surface area contributed by atoms with Crippen molar-refractivity contribution in [3.63, 3.8) is 0 Å². The molecule has 1 aromatic heterocycles. The van der Waals surface area contributed by atoms with Gasteiger partial charge in [0.2, 0.25) is 0 Å². The van der Waals surface area contributed by atoms with Crippen LogP contribution in [0.3, 0.4) is 0 Å². The molecule has 29 heavy (non-hydrogen) atoms. The second-order valence-corrected chi connectivity index (χ2v) is 6.99. The number of hydrogen-bond acceptors (Lipinski definition) is 2. The second-order valence-electron chi connectivity index (χ2n) is 6.99. The molecule has 0 radical (unpaired) electrons. The van der Waals surface area contributed by atoms with E-state index in [1.807, 2.05) is 18.5 Å². The highest BCUT2D eigenvalue weighted by atomic mass is 127. The Hall–Kier alpha value is -2.35. The summed E-state index contributed by atoms with van der Waals surface area (Å²) in [7, 11) is 1.80. The average molecular weight is 503 g/mol. The molecule has 0 saturated heterocycles. The van der Waals surface area contributed by atoms with Crippen LogP contribution in [-0.4, -0.2) is 29.1 Å². The molecule has 154 valence electrons. The Balaban J connectivity index is 0.00000300. The smallest absolute Gasteiger partial charge is 0.191 e. The minimum atomic E-state index is 0. The zero-order valence-electron chi connectivity index (χ0n) is 17.4. The van der Waals surface area contributed by atoms with Crippen molar-refractivity contribution in [3.8, 4) is 0 Å². The summed E-state index contributed by atoms with van der Waals surface area (Å²) < 4.78 is 2.20. The summed E-state index contributed by atoms with van der Waals surface area (Å²) in [5, 5.41) is 6.78. The van der Waals surface area contributed by atoms with Crippen LogP contribution in [0, 0.1) is 13.8 Å². The Labute approximate surface area is 190 Å². The summed E-state index contributed by atoms with van der Waals surface area (Å²) in [4.78, 5) is 8.84. The van der Waals surface area contributed by atoms with Crippen LogP contribution >= 0.6 is 24.0 Å². The maximum absolute atomic E-state index is 4.51. The van der Waals surface area contributed by atoms with Gasteiger partial charge in [0.15, 0.2) is 5.96 Å². The molecule has 0 saturated carbocycles. The lowest BCUT2D eigenvalue weighted by Crippen LogP contribution is -2.38. The third kappa shape index (κ3) is 6.88. The number of aryl methyl sites for hydroxylation is 2. The van der Waals surface area contributed by atoms with Crippen molar-refractivity contribution in [1.29, 1.82) is 0 Å². The molecule has 0 amide bonds. The van der Waals surface area contributed by atoms with E-state index in [4.69, 9.17) is 0 Å². The lowest BCUT2D eigenvalue weighted by molar-refractivity contribution is 0.694. The number of imidazole rings is 1. The molecule has 1 heterocycles. The van der Waals surface area contributed by atoms with E-state index in [1.165, 1.54) is 22.3 Å². The monoisotopic (exact) mass is 503 g/mol. The highest BCUT2D eigenvalue weighted by Crippen LogP contribution is 2.10. The SMILES string of the molecule is CN=C(NCCc1nccn1Cc1ccccc1)NCc1ccc(C)cc1C.I. The van der Waals surface area contributed by atoms with Crippen LogP contribution in [0.1, 0.15) is 28.1 Å². The molecule has 0 atom stereocenters. The van der Waals surface area contributed by atoms with E-state index in [0.717, 1.165) is 37.8 Å². The Morgan fingerprint density at radius 1 is 1.07 bits per heavy atom. The van der Waals surface area contributed by atoms with E-state index in [1.54, 1.807) is 7.05 Å². The van der Waals surface area contributed by atoms with Gasteiger partial charge in [-0.15, -0.1) is 24.0 Å². The molecular weight excluding hydrogens is 473 g/mol. The van der Waals surface area contributed by atoms with Gasteiger partial charge < -0.3 is 15.2 Å². The lowest BCUT2D eigenvalue weighted by atomic mass is 10.1. The summed E-state index contributed by atoms with van der Waals surface area (Å²) >= 11 is 0. The second kappa shape index (κ2) is 11.6. The summed E-state index contributed by atoms with van der Waals surface area (Å²) in [5.74, 6) is 1.88. The Morgan fingerprint density at radius 3 is 2.59 bits per heavy atom. The fourth-order valence-corrected chi connectivity index (χ4v) is 3.23. The molecular formula is C23H30IN5. The summed E-state index contributed by atoms with van der Waals surface area (Å²) in [6.07, 6.45) is 4.74. The number of nitrogens with zero attached hydrogens (tertiary/aromatic N) is 3. The normalized spacial score (nSPS) is 11.1. The van der Waals surface area contributed by atoms with E-state index < -0.39 is 0 Å². The number of guanidine groups is 1. The first kappa shape index (κ1) is 22.9. The summed E-state index contributed by atoms with van der Waals surface area (Å²) in [6, 6.07) is 17.0. The number of aromatic nitrogens is 2. The topological polar surface area (TPSA) is 54.2 Å². The fraction of sp³-hybridized carbons (Fsp3) is 0.304. The van der Waals surface area contributed by atoms with Gasteiger partial charge in [-0.2, -0.15) is 0 Å². The van der Waals surface area contributed by atoms with Gasteiger partial charge in [-0.3, -0.25) is 4.99 Å².